The highest BCUT2D eigenvalue weighted by atomic mass is 16.3. The summed E-state index contributed by atoms with van der Waals surface area (Å²) in [6, 6.07) is 12.2. The zero-order chi connectivity index (χ0) is 11.8. The molecule has 0 aliphatic heterocycles. The molecule has 1 heterocycles. The van der Waals surface area contributed by atoms with Gasteiger partial charge in [0.25, 0.3) is 0 Å². The van der Waals surface area contributed by atoms with Crippen LogP contribution in [0.4, 0.5) is 5.69 Å². The molecule has 0 spiro atoms. The van der Waals surface area contributed by atoms with Gasteiger partial charge in [-0.05, 0) is 30.3 Å². The summed E-state index contributed by atoms with van der Waals surface area (Å²) in [7, 11) is 0. The summed E-state index contributed by atoms with van der Waals surface area (Å²) in [5, 5.41) is 18.3. The van der Waals surface area contributed by atoms with Crippen LogP contribution in [-0.4, -0.2) is 20.1 Å². The molecular weight excluding hydrogens is 216 g/mol. The van der Waals surface area contributed by atoms with E-state index in [0.717, 1.165) is 5.52 Å². The van der Waals surface area contributed by atoms with Crippen LogP contribution in [0.15, 0.2) is 42.5 Å². The first-order chi connectivity index (χ1) is 8.24. The maximum atomic E-state index is 9.72. The second-order valence-electron chi connectivity index (χ2n) is 3.73. The van der Waals surface area contributed by atoms with Crippen molar-refractivity contribution < 1.29 is 5.11 Å². The van der Waals surface area contributed by atoms with Crippen LogP contribution in [0.1, 0.15) is 0 Å². The first kappa shape index (κ1) is 9.65. The number of para-hydroxylation sites is 2. The number of aromatic nitrogens is 3. The highest BCUT2D eigenvalue weighted by Crippen LogP contribution is 2.21. The first-order valence-electron chi connectivity index (χ1n) is 5.15. The number of nitrogen functional groups attached to an aromatic ring is 1. The van der Waals surface area contributed by atoms with E-state index in [1.807, 2.05) is 6.07 Å². The largest absolute Gasteiger partial charge is 0.506 e. The van der Waals surface area contributed by atoms with E-state index in [1.165, 1.54) is 4.80 Å². The average molecular weight is 226 g/mol. The standard InChI is InChI=1S/C12H10N4O/c13-8-5-6-9-10(7-8)15-16(14-9)11-3-1-2-4-12(11)17/h1-7,17H,13H2. The lowest BCUT2D eigenvalue weighted by molar-refractivity contribution is 0.468. The molecule has 0 saturated heterocycles. The fraction of sp³-hybridized carbons (Fsp3) is 0. The minimum atomic E-state index is 0.140. The van der Waals surface area contributed by atoms with Gasteiger partial charge in [-0.3, -0.25) is 0 Å². The van der Waals surface area contributed by atoms with Gasteiger partial charge < -0.3 is 10.8 Å². The molecule has 3 rings (SSSR count). The summed E-state index contributed by atoms with van der Waals surface area (Å²) in [5.41, 5.74) is 8.30. The van der Waals surface area contributed by atoms with Crippen LogP contribution in [0.3, 0.4) is 0 Å². The highest BCUT2D eigenvalue weighted by Gasteiger charge is 2.07. The summed E-state index contributed by atoms with van der Waals surface area (Å²) in [6.07, 6.45) is 0. The fourth-order valence-corrected chi connectivity index (χ4v) is 1.67. The van der Waals surface area contributed by atoms with Gasteiger partial charge in [-0.2, -0.15) is 0 Å². The molecule has 0 fully saturated rings. The summed E-state index contributed by atoms with van der Waals surface area (Å²) in [4.78, 5) is 1.40. The van der Waals surface area contributed by atoms with E-state index >= 15 is 0 Å². The molecule has 17 heavy (non-hydrogen) atoms. The first-order valence-corrected chi connectivity index (χ1v) is 5.15. The van der Waals surface area contributed by atoms with Crippen LogP contribution in [-0.2, 0) is 0 Å². The number of rotatable bonds is 1. The number of hydrogen-bond acceptors (Lipinski definition) is 4. The van der Waals surface area contributed by atoms with E-state index in [2.05, 4.69) is 10.2 Å². The molecule has 2 aromatic carbocycles. The third kappa shape index (κ3) is 1.57. The Morgan fingerprint density at radius 1 is 1.00 bits per heavy atom. The lowest BCUT2D eigenvalue weighted by atomic mass is 10.3. The molecule has 84 valence electrons. The average Bonchev–Trinajstić information content (AvgIpc) is 2.72. The number of nitrogens with zero attached hydrogens (tertiary/aromatic N) is 3. The third-order valence-electron chi connectivity index (χ3n) is 2.50. The van der Waals surface area contributed by atoms with E-state index in [9.17, 15) is 5.11 Å². The van der Waals surface area contributed by atoms with Crippen LogP contribution in [0.5, 0.6) is 5.75 Å². The maximum absolute atomic E-state index is 9.72. The lowest BCUT2D eigenvalue weighted by Crippen LogP contribution is -1.98. The van der Waals surface area contributed by atoms with Crippen molar-refractivity contribution in [2.24, 2.45) is 0 Å². The summed E-state index contributed by atoms with van der Waals surface area (Å²) < 4.78 is 0. The second kappa shape index (κ2) is 3.48. The smallest absolute Gasteiger partial charge is 0.143 e. The van der Waals surface area contributed by atoms with Gasteiger partial charge in [0.05, 0.1) is 0 Å². The van der Waals surface area contributed by atoms with Crippen LogP contribution in [0.25, 0.3) is 16.7 Å². The molecule has 0 radical (unpaired) electrons. The molecular formula is C12H10N4O. The van der Waals surface area contributed by atoms with Gasteiger partial charge in [-0.25, -0.2) is 0 Å². The van der Waals surface area contributed by atoms with Gasteiger partial charge in [-0.1, -0.05) is 12.1 Å². The second-order valence-corrected chi connectivity index (χ2v) is 3.73. The molecule has 0 unspecified atom stereocenters. The Hall–Kier alpha value is -2.56. The van der Waals surface area contributed by atoms with Crippen LogP contribution in [0.2, 0.25) is 0 Å². The Kier molecular flexibility index (Phi) is 1.98. The third-order valence-corrected chi connectivity index (χ3v) is 2.50. The topological polar surface area (TPSA) is 77.0 Å². The summed E-state index contributed by atoms with van der Waals surface area (Å²) in [6.45, 7) is 0. The van der Waals surface area contributed by atoms with Gasteiger partial charge in [0, 0.05) is 5.69 Å². The molecule has 3 N–H and O–H groups in total. The predicted molar refractivity (Wildman–Crippen MR) is 64.9 cm³/mol. The number of phenols is 1. The number of aromatic hydroxyl groups is 1. The van der Waals surface area contributed by atoms with Gasteiger partial charge in [0.1, 0.15) is 22.5 Å². The van der Waals surface area contributed by atoms with E-state index in [0.29, 0.717) is 16.9 Å². The van der Waals surface area contributed by atoms with Crippen LogP contribution in [0, 0.1) is 0 Å². The number of nitrogens with two attached hydrogens (primary N) is 1. The van der Waals surface area contributed by atoms with Gasteiger partial charge >= 0.3 is 0 Å². The summed E-state index contributed by atoms with van der Waals surface area (Å²) in [5.74, 6) is 0.140. The fourth-order valence-electron chi connectivity index (χ4n) is 1.67. The SMILES string of the molecule is Nc1ccc2nn(-c3ccccc3O)nc2c1. The van der Waals surface area contributed by atoms with Crippen molar-refractivity contribution in [2.45, 2.75) is 0 Å². The normalized spacial score (nSPS) is 10.8. The van der Waals surface area contributed by atoms with Crippen molar-refractivity contribution in [2.75, 3.05) is 5.73 Å². The van der Waals surface area contributed by atoms with Gasteiger partial charge in [0.2, 0.25) is 0 Å². The summed E-state index contributed by atoms with van der Waals surface area (Å²) >= 11 is 0. The Balaban J connectivity index is 2.22. The Bertz CT molecular complexity index is 690. The van der Waals surface area contributed by atoms with E-state index in [-0.39, 0.29) is 5.75 Å². The van der Waals surface area contributed by atoms with Crippen molar-refractivity contribution in [1.82, 2.24) is 15.0 Å². The number of hydrogen-bond donors (Lipinski definition) is 2. The van der Waals surface area contributed by atoms with Crippen molar-refractivity contribution in [3.63, 3.8) is 0 Å². The van der Waals surface area contributed by atoms with Crippen molar-refractivity contribution in [3.05, 3.63) is 42.5 Å². The molecule has 0 bridgehead atoms. The Labute approximate surface area is 97.1 Å². The van der Waals surface area contributed by atoms with Crippen LogP contribution >= 0.6 is 0 Å². The number of anilines is 1. The Morgan fingerprint density at radius 2 is 1.76 bits per heavy atom. The zero-order valence-corrected chi connectivity index (χ0v) is 8.91. The minimum absolute atomic E-state index is 0.140. The molecule has 0 saturated carbocycles. The molecule has 0 amide bonds. The molecule has 0 aliphatic carbocycles. The van der Waals surface area contributed by atoms with Crippen LogP contribution < -0.4 is 5.73 Å². The van der Waals surface area contributed by atoms with E-state index in [1.54, 1.807) is 36.4 Å². The number of benzene rings is 2. The number of fused-ring (bicyclic) bond motifs is 1. The quantitative estimate of drug-likeness (QED) is 0.619. The van der Waals surface area contributed by atoms with Gasteiger partial charge in [0.15, 0.2) is 0 Å². The molecule has 0 atom stereocenters. The maximum Gasteiger partial charge on any atom is 0.143 e. The molecule has 3 aromatic rings. The zero-order valence-electron chi connectivity index (χ0n) is 8.91. The lowest BCUT2D eigenvalue weighted by Gasteiger charge is -2.00. The molecule has 5 nitrogen and oxygen atoms in total. The molecule has 0 aliphatic rings. The van der Waals surface area contributed by atoms with E-state index in [4.69, 9.17) is 5.73 Å². The van der Waals surface area contributed by atoms with Crippen molar-refractivity contribution in [3.8, 4) is 11.4 Å². The van der Waals surface area contributed by atoms with Crippen molar-refractivity contribution in [1.29, 1.82) is 0 Å². The molecule has 5 heteroatoms. The van der Waals surface area contributed by atoms with Gasteiger partial charge in [-0.15, -0.1) is 15.0 Å². The highest BCUT2D eigenvalue weighted by molar-refractivity contribution is 5.77. The monoisotopic (exact) mass is 226 g/mol. The minimum Gasteiger partial charge on any atom is -0.506 e. The number of phenolic OH excluding ortho intramolecular Hbond substituents is 1. The predicted octanol–water partition coefficient (Wildman–Crippen LogP) is 1.71. The van der Waals surface area contributed by atoms with Crippen molar-refractivity contribution >= 4 is 16.7 Å². The Morgan fingerprint density at radius 3 is 2.59 bits per heavy atom. The molecule has 1 aromatic heterocycles. The van der Waals surface area contributed by atoms with E-state index < -0.39 is 0 Å².